The number of rotatable bonds is 0. The molecule has 4 aromatic rings. The molecule has 0 fully saturated rings. The van der Waals surface area contributed by atoms with Gasteiger partial charge in [0.05, 0.1) is 0 Å². The maximum atomic E-state index is 3.35. The van der Waals surface area contributed by atoms with Gasteiger partial charge >= 0.3 is 0 Å². The molecule has 0 saturated carbocycles. The van der Waals surface area contributed by atoms with Crippen LogP contribution in [0.1, 0.15) is 0 Å². The molecule has 0 unspecified atom stereocenters. The maximum absolute atomic E-state index is 3.35. The van der Waals surface area contributed by atoms with Crippen LogP contribution in [0.15, 0.2) is 54.6 Å². The molecule has 0 amide bonds. The van der Waals surface area contributed by atoms with Crippen molar-refractivity contribution in [3.63, 3.8) is 0 Å². The molecule has 0 atom stereocenters. The standard InChI is InChI=1S/C16H9S/c1-2-6-12-10-16-14(9-11(12)5-1)13-7-3-4-8-15(13)17-16/h1-6,8-10H. The van der Waals surface area contributed by atoms with Gasteiger partial charge < -0.3 is 0 Å². The normalized spacial score (nSPS) is 11.5. The van der Waals surface area contributed by atoms with Crippen LogP contribution in [-0.4, -0.2) is 0 Å². The highest BCUT2D eigenvalue weighted by Gasteiger charge is 2.05. The third-order valence-electron chi connectivity index (χ3n) is 3.16. The van der Waals surface area contributed by atoms with Crippen LogP contribution in [0.4, 0.5) is 0 Å². The Morgan fingerprint density at radius 1 is 0.824 bits per heavy atom. The first-order valence-electron chi connectivity index (χ1n) is 5.63. The van der Waals surface area contributed by atoms with Crippen LogP contribution in [0.2, 0.25) is 0 Å². The fraction of sp³-hybridized carbons (Fsp3) is 0. The minimum absolute atomic E-state index is 1.25. The zero-order chi connectivity index (χ0) is 11.2. The van der Waals surface area contributed by atoms with Crippen LogP contribution in [0.3, 0.4) is 0 Å². The fourth-order valence-electron chi connectivity index (χ4n) is 2.33. The van der Waals surface area contributed by atoms with Gasteiger partial charge in [-0.05, 0) is 35.0 Å². The molecule has 0 aliphatic carbocycles. The zero-order valence-corrected chi connectivity index (χ0v) is 9.92. The summed E-state index contributed by atoms with van der Waals surface area (Å²) in [6.07, 6.45) is 0. The Balaban J connectivity index is 2.28. The molecule has 0 aliphatic rings. The monoisotopic (exact) mass is 233 g/mol. The van der Waals surface area contributed by atoms with E-state index in [-0.39, 0.29) is 0 Å². The van der Waals surface area contributed by atoms with E-state index < -0.39 is 0 Å². The second-order valence-electron chi connectivity index (χ2n) is 4.21. The summed E-state index contributed by atoms with van der Waals surface area (Å²) in [6.45, 7) is 0. The molecule has 0 spiro atoms. The fourth-order valence-corrected chi connectivity index (χ4v) is 3.45. The van der Waals surface area contributed by atoms with Gasteiger partial charge in [0.1, 0.15) is 0 Å². The molecule has 0 bridgehead atoms. The van der Waals surface area contributed by atoms with Crippen molar-refractivity contribution in [1.82, 2.24) is 0 Å². The highest BCUT2D eigenvalue weighted by molar-refractivity contribution is 7.25. The number of fused-ring (bicyclic) bond motifs is 4. The summed E-state index contributed by atoms with van der Waals surface area (Å²) >= 11 is 1.85. The lowest BCUT2D eigenvalue weighted by molar-refractivity contribution is 1.81. The minimum atomic E-state index is 1.25. The largest absolute Gasteiger partial charge is 0.135 e. The van der Waals surface area contributed by atoms with E-state index in [0.717, 1.165) is 0 Å². The van der Waals surface area contributed by atoms with Crippen LogP contribution in [0, 0.1) is 6.07 Å². The average molecular weight is 233 g/mol. The van der Waals surface area contributed by atoms with Crippen LogP contribution in [0.25, 0.3) is 30.9 Å². The molecule has 1 heterocycles. The predicted molar refractivity (Wildman–Crippen MR) is 75.7 cm³/mol. The second kappa shape index (κ2) is 3.31. The second-order valence-corrected chi connectivity index (χ2v) is 5.29. The van der Waals surface area contributed by atoms with Gasteiger partial charge in [-0.2, -0.15) is 0 Å². The van der Waals surface area contributed by atoms with Crippen molar-refractivity contribution in [2.75, 3.05) is 0 Å². The first kappa shape index (κ1) is 9.20. The van der Waals surface area contributed by atoms with E-state index in [0.29, 0.717) is 0 Å². The summed E-state index contributed by atoms with van der Waals surface area (Å²) < 4.78 is 2.67. The van der Waals surface area contributed by atoms with Crippen LogP contribution in [0.5, 0.6) is 0 Å². The molecule has 3 aromatic carbocycles. The van der Waals surface area contributed by atoms with E-state index in [2.05, 4.69) is 54.6 Å². The molecule has 0 nitrogen and oxygen atoms in total. The maximum Gasteiger partial charge on any atom is 0.0362 e. The van der Waals surface area contributed by atoms with Crippen LogP contribution < -0.4 is 0 Å². The molecule has 0 aliphatic heterocycles. The Labute approximate surface area is 103 Å². The van der Waals surface area contributed by atoms with Gasteiger partial charge in [0, 0.05) is 20.2 Å². The zero-order valence-electron chi connectivity index (χ0n) is 9.10. The van der Waals surface area contributed by atoms with Crippen molar-refractivity contribution in [3.05, 3.63) is 60.7 Å². The average Bonchev–Trinajstić information content (AvgIpc) is 2.73. The molecular formula is C16H9S. The first-order valence-corrected chi connectivity index (χ1v) is 6.45. The Hall–Kier alpha value is -1.86. The molecule has 1 heteroatoms. The lowest BCUT2D eigenvalue weighted by Crippen LogP contribution is -1.71. The van der Waals surface area contributed by atoms with Gasteiger partial charge in [-0.3, -0.25) is 0 Å². The van der Waals surface area contributed by atoms with Gasteiger partial charge in [0.25, 0.3) is 0 Å². The Morgan fingerprint density at radius 2 is 1.65 bits per heavy atom. The molecule has 1 aromatic heterocycles. The summed E-state index contributed by atoms with van der Waals surface area (Å²) in [4.78, 5) is 0. The van der Waals surface area contributed by atoms with E-state index in [1.165, 1.54) is 30.9 Å². The number of thiophene rings is 1. The van der Waals surface area contributed by atoms with Crippen molar-refractivity contribution in [2.24, 2.45) is 0 Å². The van der Waals surface area contributed by atoms with Crippen LogP contribution in [-0.2, 0) is 0 Å². The third-order valence-corrected chi connectivity index (χ3v) is 4.27. The van der Waals surface area contributed by atoms with Gasteiger partial charge in [-0.15, -0.1) is 11.3 Å². The first-order chi connectivity index (χ1) is 8.42. The smallest absolute Gasteiger partial charge is 0.0362 e. The lowest BCUT2D eigenvalue weighted by atomic mass is 10.1. The molecule has 0 N–H and O–H groups in total. The third kappa shape index (κ3) is 1.29. The summed E-state index contributed by atoms with van der Waals surface area (Å²) in [5.41, 5.74) is 0. The van der Waals surface area contributed by atoms with E-state index in [1.54, 1.807) is 0 Å². The van der Waals surface area contributed by atoms with E-state index in [9.17, 15) is 0 Å². The quantitative estimate of drug-likeness (QED) is 0.400. The van der Waals surface area contributed by atoms with E-state index in [1.807, 2.05) is 17.4 Å². The van der Waals surface area contributed by atoms with Crippen molar-refractivity contribution < 1.29 is 0 Å². The Kier molecular flexibility index (Phi) is 1.79. The van der Waals surface area contributed by atoms with Gasteiger partial charge in [-0.25, -0.2) is 0 Å². The minimum Gasteiger partial charge on any atom is -0.135 e. The molecular weight excluding hydrogens is 224 g/mol. The summed E-state index contributed by atoms with van der Waals surface area (Å²) in [5, 5.41) is 5.19. The molecule has 17 heavy (non-hydrogen) atoms. The van der Waals surface area contributed by atoms with E-state index >= 15 is 0 Å². The molecule has 79 valence electrons. The van der Waals surface area contributed by atoms with Crippen molar-refractivity contribution in [3.8, 4) is 0 Å². The molecule has 4 rings (SSSR count). The number of benzene rings is 3. The SMILES string of the molecule is [c]1cccc2sc3cc4ccccc4cc3c12. The summed E-state index contributed by atoms with van der Waals surface area (Å²) in [7, 11) is 0. The highest BCUT2D eigenvalue weighted by atomic mass is 32.1. The Morgan fingerprint density at radius 3 is 2.53 bits per heavy atom. The number of hydrogen-bond donors (Lipinski definition) is 0. The van der Waals surface area contributed by atoms with Crippen LogP contribution >= 0.6 is 11.3 Å². The summed E-state index contributed by atoms with van der Waals surface area (Å²) in [5.74, 6) is 0. The highest BCUT2D eigenvalue weighted by Crippen LogP contribution is 2.35. The topological polar surface area (TPSA) is 0 Å². The van der Waals surface area contributed by atoms with Crippen molar-refractivity contribution >= 4 is 42.3 Å². The van der Waals surface area contributed by atoms with Gasteiger partial charge in [0.2, 0.25) is 0 Å². The number of hydrogen-bond acceptors (Lipinski definition) is 1. The van der Waals surface area contributed by atoms with E-state index in [4.69, 9.17) is 0 Å². The van der Waals surface area contributed by atoms with Crippen molar-refractivity contribution in [2.45, 2.75) is 0 Å². The molecule has 1 radical (unpaired) electrons. The van der Waals surface area contributed by atoms with Gasteiger partial charge in [0.15, 0.2) is 0 Å². The van der Waals surface area contributed by atoms with Gasteiger partial charge in [-0.1, -0.05) is 36.4 Å². The van der Waals surface area contributed by atoms with Crippen molar-refractivity contribution in [1.29, 1.82) is 0 Å². The Bertz CT molecular complexity index is 834. The predicted octanol–water partition coefficient (Wildman–Crippen LogP) is 5.01. The lowest BCUT2D eigenvalue weighted by Gasteiger charge is -1.97. The molecule has 0 saturated heterocycles. The summed E-state index contributed by atoms with van der Waals surface area (Å²) in [6, 6.07) is 22.6.